The highest BCUT2D eigenvalue weighted by Crippen LogP contribution is 2.42. The number of thiophene rings is 1. The normalized spacial score (nSPS) is 15.2. The van der Waals surface area contributed by atoms with Gasteiger partial charge in [0.05, 0.1) is 21.4 Å². The molecule has 1 aromatic heterocycles. The molecule has 1 heterocycles. The van der Waals surface area contributed by atoms with E-state index < -0.39 is 17.5 Å². The van der Waals surface area contributed by atoms with E-state index in [2.05, 4.69) is 0 Å². The number of hydrogen-bond acceptors (Lipinski definition) is 2. The third kappa shape index (κ3) is 2.98. The van der Waals surface area contributed by atoms with E-state index in [1.165, 1.54) is 12.8 Å². The monoisotopic (exact) mass is 414 g/mol. The molecule has 0 saturated heterocycles. The summed E-state index contributed by atoms with van der Waals surface area (Å²) in [6.07, 6.45) is 5.14. The van der Waals surface area contributed by atoms with Crippen molar-refractivity contribution < 1.29 is 17.9 Å². The fourth-order valence-corrected chi connectivity index (χ4v) is 5.60. The van der Waals surface area contributed by atoms with Gasteiger partial charge in [-0.3, -0.25) is 0 Å². The molecule has 150 valence electrons. The lowest BCUT2D eigenvalue weighted by atomic mass is 10.0. The highest BCUT2D eigenvalue weighted by atomic mass is 32.1. The molecule has 1 nitrogen and oxygen atoms in total. The van der Waals surface area contributed by atoms with Gasteiger partial charge in [0.15, 0.2) is 17.4 Å². The topological polar surface area (TPSA) is 9.23 Å². The van der Waals surface area contributed by atoms with Crippen LogP contribution in [0.5, 0.6) is 5.75 Å². The van der Waals surface area contributed by atoms with Crippen LogP contribution in [0.25, 0.3) is 30.9 Å². The average Bonchev–Trinajstić information content (AvgIpc) is 3.36. The minimum absolute atomic E-state index is 0.0125. The third-order valence-electron chi connectivity index (χ3n) is 6.10. The zero-order valence-electron chi connectivity index (χ0n) is 16.2. The van der Waals surface area contributed by atoms with Crippen LogP contribution >= 0.6 is 11.3 Å². The predicted octanol–water partition coefficient (Wildman–Crippen LogP) is 7.76. The first-order valence-corrected chi connectivity index (χ1v) is 11.0. The quantitative estimate of drug-likeness (QED) is 0.332. The highest BCUT2D eigenvalue weighted by molar-refractivity contribution is 7.26. The first kappa shape index (κ1) is 18.7. The SMILES string of the molecule is CCc1ccc2cc3c(sc4c(F)c(OCC5CCCC5)ccc43)c(F)c2c1F. The zero-order chi connectivity index (χ0) is 20.1. The van der Waals surface area contributed by atoms with Crippen molar-refractivity contribution in [3.63, 3.8) is 0 Å². The second kappa shape index (κ2) is 7.21. The Morgan fingerprint density at radius 1 is 0.931 bits per heavy atom. The molecule has 1 saturated carbocycles. The highest BCUT2D eigenvalue weighted by Gasteiger charge is 2.21. The van der Waals surface area contributed by atoms with Crippen molar-refractivity contribution in [2.75, 3.05) is 6.61 Å². The van der Waals surface area contributed by atoms with Crippen LogP contribution in [0.1, 0.15) is 38.2 Å². The van der Waals surface area contributed by atoms with E-state index in [-0.39, 0.29) is 15.8 Å². The molecule has 5 heteroatoms. The van der Waals surface area contributed by atoms with Gasteiger partial charge in [-0.15, -0.1) is 11.3 Å². The van der Waals surface area contributed by atoms with Gasteiger partial charge in [-0.25, -0.2) is 13.2 Å². The number of fused-ring (bicyclic) bond motifs is 4. The summed E-state index contributed by atoms with van der Waals surface area (Å²) < 4.78 is 51.6. The average molecular weight is 414 g/mol. The van der Waals surface area contributed by atoms with Crippen LogP contribution in [0.4, 0.5) is 13.2 Å². The Morgan fingerprint density at radius 2 is 1.69 bits per heavy atom. The summed E-state index contributed by atoms with van der Waals surface area (Å²) in [4.78, 5) is 0. The molecule has 0 spiro atoms. The van der Waals surface area contributed by atoms with E-state index in [9.17, 15) is 4.39 Å². The van der Waals surface area contributed by atoms with Crippen molar-refractivity contribution in [2.24, 2.45) is 5.92 Å². The molecule has 3 aromatic carbocycles. The summed E-state index contributed by atoms with van der Waals surface area (Å²) in [5, 5.41) is 1.73. The molecular weight excluding hydrogens is 393 g/mol. The molecule has 0 aliphatic heterocycles. The third-order valence-corrected chi connectivity index (χ3v) is 7.31. The molecular formula is C24H21F3OS. The molecule has 29 heavy (non-hydrogen) atoms. The fraction of sp³-hybridized carbons (Fsp3) is 0.333. The van der Waals surface area contributed by atoms with Gasteiger partial charge >= 0.3 is 0 Å². The molecule has 0 N–H and O–H groups in total. The molecule has 1 aliphatic carbocycles. The maximum atomic E-state index is 15.3. The van der Waals surface area contributed by atoms with Crippen LogP contribution in [0.3, 0.4) is 0 Å². The van der Waals surface area contributed by atoms with Gasteiger partial charge in [0, 0.05) is 10.8 Å². The van der Waals surface area contributed by atoms with E-state index in [0.29, 0.717) is 45.4 Å². The predicted molar refractivity (Wildman–Crippen MR) is 114 cm³/mol. The minimum atomic E-state index is -0.612. The Balaban J connectivity index is 1.65. The summed E-state index contributed by atoms with van der Waals surface area (Å²) in [7, 11) is 0. The van der Waals surface area contributed by atoms with Crippen LogP contribution in [0.15, 0.2) is 30.3 Å². The van der Waals surface area contributed by atoms with Crippen molar-refractivity contribution in [1.82, 2.24) is 0 Å². The van der Waals surface area contributed by atoms with Gasteiger partial charge in [0.2, 0.25) is 0 Å². The van der Waals surface area contributed by atoms with Crippen LogP contribution < -0.4 is 4.74 Å². The maximum Gasteiger partial charge on any atom is 0.182 e. The first-order valence-electron chi connectivity index (χ1n) is 10.2. The number of ether oxygens (including phenoxy) is 1. The van der Waals surface area contributed by atoms with E-state index in [4.69, 9.17) is 4.74 Å². The first-order chi connectivity index (χ1) is 14.1. The number of aryl methyl sites for hydroxylation is 1. The van der Waals surface area contributed by atoms with Crippen LogP contribution in [0.2, 0.25) is 0 Å². The molecule has 0 amide bonds. The molecule has 0 bridgehead atoms. The molecule has 0 atom stereocenters. The van der Waals surface area contributed by atoms with Crippen molar-refractivity contribution in [2.45, 2.75) is 39.0 Å². The second-order valence-corrected chi connectivity index (χ2v) is 8.90. The van der Waals surface area contributed by atoms with Crippen molar-refractivity contribution >= 4 is 42.3 Å². The van der Waals surface area contributed by atoms with Crippen LogP contribution in [-0.2, 0) is 6.42 Å². The Labute approximate surface area is 171 Å². The van der Waals surface area contributed by atoms with Crippen molar-refractivity contribution in [1.29, 1.82) is 0 Å². The summed E-state index contributed by atoms with van der Waals surface area (Å²) in [6.45, 7) is 2.35. The van der Waals surface area contributed by atoms with Gasteiger partial charge in [0.25, 0.3) is 0 Å². The molecule has 4 aromatic rings. The molecule has 0 radical (unpaired) electrons. The smallest absolute Gasteiger partial charge is 0.182 e. The number of rotatable bonds is 4. The van der Waals surface area contributed by atoms with Crippen LogP contribution in [-0.4, -0.2) is 6.61 Å². The fourth-order valence-electron chi connectivity index (χ4n) is 4.45. The summed E-state index contributed by atoms with van der Waals surface area (Å²) in [5.74, 6) is -0.909. The molecule has 1 aliphatic rings. The van der Waals surface area contributed by atoms with Crippen molar-refractivity contribution in [3.05, 3.63) is 53.3 Å². The van der Waals surface area contributed by atoms with Gasteiger partial charge in [0.1, 0.15) is 5.82 Å². The molecule has 5 rings (SSSR count). The Morgan fingerprint density at radius 3 is 2.45 bits per heavy atom. The summed E-state index contributed by atoms with van der Waals surface area (Å²) in [5.41, 5.74) is 0.477. The summed E-state index contributed by atoms with van der Waals surface area (Å²) >= 11 is 1.03. The number of hydrogen-bond donors (Lipinski definition) is 0. The lowest BCUT2D eigenvalue weighted by Gasteiger charge is -2.12. The number of halogens is 3. The maximum absolute atomic E-state index is 15.3. The van der Waals surface area contributed by atoms with E-state index in [0.717, 1.165) is 24.2 Å². The summed E-state index contributed by atoms with van der Waals surface area (Å²) in [6, 6.07) is 8.59. The Bertz CT molecular complexity index is 1240. The van der Waals surface area contributed by atoms with E-state index in [1.807, 2.05) is 6.92 Å². The lowest BCUT2D eigenvalue weighted by molar-refractivity contribution is 0.243. The molecule has 0 unspecified atom stereocenters. The number of benzene rings is 3. The minimum Gasteiger partial charge on any atom is -0.490 e. The largest absolute Gasteiger partial charge is 0.490 e. The Hall–Kier alpha value is -2.27. The van der Waals surface area contributed by atoms with Gasteiger partial charge in [-0.2, -0.15) is 0 Å². The van der Waals surface area contributed by atoms with E-state index in [1.54, 1.807) is 30.3 Å². The van der Waals surface area contributed by atoms with E-state index >= 15 is 8.78 Å². The van der Waals surface area contributed by atoms with Crippen LogP contribution in [0, 0.1) is 23.4 Å². The molecule has 1 fully saturated rings. The standard InChI is InChI=1S/C24H21F3OS/c1-2-14-7-8-15-11-17-16-9-10-18(28-12-13-5-3-4-6-13)21(26)23(16)29-24(17)22(27)19(15)20(14)25/h7-11,13H,2-6,12H2,1H3. The zero-order valence-corrected chi connectivity index (χ0v) is 17.0. The van der Waals surface area contributed by atoms with Gasteiger partial charge < -0.3 is 4.74 Å². The second-order valence-electron chi connectivity index (χ2n) is 7.88. The lowest BCUT2D eigenvalue weighted by Crippen LogP contribution is -2.08. The van der Waals surface area contributed by atoms with Gasteiger partial charge in [-0.1, -0.05) is 31.9 Å². The van der Waals surface area contributed by atoms with Gasteiger partial charge in [-0.05, 0) is 54.3 Å². The van der Waals surface area contributed by atoms with Crippen molar-refractivity contribution in [3.8, 4) is 5.75 Å². The Kier molecular flexibility index (Phi) is 4.66.